The van der Waals surface area contributed by atoms with Gasteiger partial charge in [-0.05, 0) is 5.92 Å². The molecule has 0 heterocycles. The molecule has 0 aromatic heterocycles. The van der Waals surface area contributed by atoms with E-state index in [1.165, 1.54) is 13.8 Å². The first kappa shape index (κ1) is 18.7. The quantitative estimate of drug-likeness (QED) is 0.259. The summed E-state index contributed by atoms with van der Waals surface area (Å²) in [6.07, 6.45) is -7.99. The fourth-order valence-corrected chi connectivity index (χ4v) is 1.41. The molecule has 0 saturated heterocycles. The maximum atomic E-state index is 11.6. The van der Waals surface area contributed by atoms with Gasteiger partial charge in [-0.15, -0.1) is 0 Å². The summed E-state index contributed by atoms with van der Waals surface area (Å²) in [6, 6.07) is -1.38. The molecule has 0 aliphatic heterocycles. The topological polar surface area (TPSA) is 170 Å². The van der Waals surface area contributed by atoms with Crippen molar-refractivity contribution in [3.8, 4) is 0 Å². The SMILES string of the molecule is CC(C)[C@H](NC(=O)[C@@H](O)[C@@H](O)[C@H](O)[C@H](O)CO)C(=O)[O-]. The van der Waals surface area contributed by atoms with E-state index in [4.69, 9.17) is 10.2 Å². The van der Waals surface area contributed by atoms with E-state index in [0.29, 0.717) is 0 Å². The molecular formula is C11H20NO8-. The third-order valence-electron chi connectivity index (χ3n) is 2.74. The lowest BCUT2D eigenvalue weighted by Gasteiger charge is -2.28. The molecule has 20 heavy (non-hydrogen) atoms. The van der Waals surface area contributed by atoms with E-state index in [9.17, 15) is 30.0 Å². The molecule has 0 radical (unpaired) electrons. The maximum Gasteiger partial charge on any atom is 0.252 e. The van der Waals surface area contributed by atoms with Crippen LogP contribution in [0.2, 0.25) is 0 Å². The van der Waals surface area contributed by atoms with Gasteiger partial charge in [0.1, 0.15) is 18.3 Å². The van der Waals surface area contributed by atoms with E-state index in [1.807, 2.05) is 5.32 Å². The van der Waals surface area contributed by atoms with Crippen molar-refractivity contribution >= 4 is 11.9 Å². The van der Waals surface area contributed by atoms with Gasteiger partial charge in [-0.1, -0.05) is 13.8 Å². The maximum absolute atomic E-state index is 11.6. The van der Waals surface area contributed by atoms with E-state index in [0.717, 1.165) is 0 Å². The summed E-state index contributed by atoms with van der Waals surface area (Å²) in [5.74, 6) is -3.34. The molecule has 9 nitrogen and oxygen atoms in total. The molecule has 0 fully saturated rings. The summed E-state index contributed by atoms with van der Waals surface area (Å²) < 4.78 is 0. The van der Waals surface area contributed by atoms with E-state index in [-0.39, 0.29) is 0 Å². The van der Waals surface area contributed by atoms with Crippen LogP contribution in [0.5, 0.6) is 0 Å². The van der Waals surface area contributed by atoms with Crippen LogP contribution in [-0.4, -0.2) is 74.5 Å². The molecular weight excluding hydrogens is 274 g/mol. The Labute approximate surface area is 115 Å². The molecule has 0 aromatic carbocycles. The number of aliphatic hydroxyl groups excluding tert-OH is 5. The summed E-state index contributed by atoms with van der Waals surface area (Å²) in [6.45, 7) is 2.10. The molecule has 5 atom stereocenters. The molecule has 118 valence electrons. The molecule has 0 aliphatic rings. The fourth-order valence-electron chi connectivity index (χ4n) is 1.41. The number of hydrogen-bond donors (Lipinski definition) is 6. The number of aliphatic hydroxyl groups is 5. The summed E-state index contributed by atoms with van der Waals surface area (Å²) in [5.41, 5.74) is 0. The Hall–Kier alpha value is -1.26. The van der Waals surface area contributed by atoms with Crippen LogP contribution < -0.4 is 10.4 Å². The summed E-state index contributed by atoms with van der Waals surface area (Å²) >= 11 is 0. The lowest BCUT2D eigenvalue weighted by molar-refractivity contribution is -0.309. The molecule has 6 N–H and O–H groups in total. The molecule has 1 amide bonds. The van der Waals surface area contributed by atoms with Crippen molar-refractivity contribution in [3.63, 3.8) is 0 Å². The standard InChI is InChI=1S/C11H21NO8/c1-4(2)6(11(19)20)12-10(18)9(17)8(16)7(15)5(14)3-13/h4-9,13-17H,3H2,1-2H3,(H,12,18)(H,19,20)/p-1/t5-,6+,7-,8+,9+/m1/s1. The second-order valence-corrected chi connectivity index (χ2v) is 4.73. The Bertz CT molecular complexity index is 334. The van der Waals surface area contributed by atoms with Crippen LogP contribution >= 0.6 is 0 Å². The molecule has 0 bridgehead atoms. The molecule has 0 aliphatic carbocycles. The first-order valence-electron chi connectivity index (χ1n) is 5.97. The zero-order valence-corrected chi connectivity index (χ0v) is 11.1. The minimum Gasteiger partial charge on any atom is -0.548 e. The Morgan fingerprint density at radius 2 is 1.60 bits per heavy atom. The monoisotopic (exact) mass is 294 g/mol. The van der Waals surface area contributed by atoms with Crippen LogP contribution in [0.15, 0.2) is 0 Å². The highest BCUT2D eigenvalue weighted by atomic mass is 16.4. The van der Waals surface area contributed by atoms with Gasteiger partial charge in [0.15, 0.2) is 6.10 Å². The third kappa shape index (κ3) is 5.02. The fraction of sp³-hybridized carbons (Fsp3) is 0.818. The molecule has 0 saturated carbocycles. The van der Waals surface area contributed by atoms with Crippen molar-refractivity contribution in [3.05, 3.63) is 0 Å². The molecule has 0 rings (SSSR count). The van der Waals surface area contributed by atoms with Crippen molar-refractivity contribution in [2.45, 2.75) is 44.3 Å². The average molecular weight is 294 g/mol. The van der Waals surface area contributed by atoms with Crippen LogP contribution in [0.1, 0.15) is 13.8 Å². The van der Waals surface area contributed by atoms with Gasteiger partial charge >= 0.3 is 0 Å². The third-order valence-corrected chi connectivity index (χ3v) is 2.74. The van der Waals surface area contributed by atoms with Gasteiger partial charge in [-0.2, -0.15) is 0 Å². The summed E-state index contributed by atoms with van der Waals surface area (Å²) in [4.78, 5) is 22.3. The average Bonchev–Trinajstić information content (AvgIpc) is 2.39. The first-order valence-corrected chi connectivity index (χ1v) is 5.97. The molecule has 0 aromatic rings. The highest BCUT2D eigenvalue weighted by molar-refractivity contribution is 5.86. The van der Waals surface area contributed by atoms with Crippen LogP contribution in [0.3, 0.4) is 0 Å². The highest BCUT2D eigenvalue weighted by Gasteiger charge is 2.35. The second kappa shape index (κ2) is 8.12. The van der Waals surface area contributed by atoms with Gasteiger partial charge < -0.3 is 40.8 Å². The van der Waals surface area contributed by atoms with Crippen molar-refractivity contribution in [2.75, 3.05) is 6.61 Å². The minimum atomic E-state index is -2.17. The normalized spacial score (nSPS) is 19.0. The van der Waals surface area contributed by atoms with Crippen molar-refractivity contribution in [1.29, 1.82) is 0 Å². The number of carboxylic acid groups (broad SMARTS) is 1. The van der Waals surface area contributed by atoms with Gasteiger partial charge in [0.05, 0.1) is 18.6 Å². The predicted octanol–water partition coefficient (Wildman–Crippen LogP) is -4.69. The van der Waals surface area contributed by atoms with Gasteiger partial charge in [-0.25, -0.2) is 0 Å². The molecule has 0 spiro atoms. The summed E-state index contributed by atoms with van der Waals surface area (Å²) in [7, 11) is 0. The molecule has 0 unspecified atom stereocenters. The van der Waals surface area contributed by atoms with Crippen molar-refractivity contribution in [1.82, 2.24) is 5.32 Å². The number of aliphatic carboxylic acids is 1. The van der Waals surface area contributed by atoms with Crippen LogP contribution in [-0.2, 0) is 9.59 Å². The Morgan fingerprint density at radius 1 is 1.10 bits per heavy atom. The highest BCUT2D eigenvalue weighted by Crippen LogP contribution is 2.07. The summed E-state index contributed by atoms with van der Waals surface area (Å²) in [5, 5.41) is 58.6. The lowest BCUT2D eigenvalue weighted by Crippen LogP contribution is -2.57. The zero-order valence-electron chi connectivity index (χ0n) is 11.1. The number of amides is 1. The van der Waals surface area contributed by atoms with Gasteiger partial charge in [0.25, 0.3) is 5.91 Å². The predicted molar refractivity (Wildman–Crippen MR) is 62.9 cm³/mol. The van der Waals surface area contributed by atoms with E-state index in [2.05, 4.69) is 0 Å². The second-order valence-electron chi connectivity index (χ2n) is 4.73. The molecule has 9 heteroatoms. The number of carbonyl (C=O) groups excluding carboxylic acids is 2. The Balaban J connectivity index is 4.72. The van der Waals surface area contributed by atoms with Crippen molar-refractivity contribution < 1.29 is 40.2 Å². The largest absolute Gasteiger partial charge is 0.548 e. The lowest BCUT2D eigenvalue weighted by atomic mass is 10.0. The van der Waals surface area contributed by atoms with Crippen LogP contribution in [0.4, 0.5) is 0 Å². The Morgan fingerprint density at radius 3 is 1.95 bits per heavy atom. The van der Waals surface area contributed by atoms with E-state index < -0.39 is 54.9 Å². The number of carbonyl (C=O) groups is 2. The van der Waals surface area contributed by atoms with Crippen LogP contribution in [0, 0.1) is 5.92 Å². The smallest absolute Gasteiger partial charge is 0.252 e. The van der Waals surface area contributed by atoms with Gasteiger partial charge in [0, 0.05) is 0 Å². The number of carboxylic acids is 1. The first-order chi connectivity index (χ1) is 9.13. The van der Waals surface area contributed by atoms with Gasteiger partial charge in [-0.3, -0.25) is 4.79 Å². The van der Waals surface area contributed by atoms with E-state index >= 15 is 0 Å². The van der Waals surface area contributed by atoms with Gasteiger partial charge in [0.2, 0.25) is 0 Å². The Kier molecular flexibility index (Phi) is 7.61. The van der Waals surface area contributed by atoms with E-state index in [1.54, 1.807) is 0 Å². The number of rotatable bonds is 8. The van der Waals surface area contributed by atoms with Crippen molar-refractivity contribution in [2.24, 2.45) is 5.92 Å². The number of nitrogens with one attached hydrogen (secondary N) is 1. The zero-order chi connectivity index (χ0) is 16.0. The van der Waals surface area contributed by atoms with Crippen LogP contribution in [0.25, 0.3) is 0 Å². The minimum absolute atomic E-state index is 0.527. The number of hydrogen-bond acceptors (Lipinski definition) is 8.